The summed E-state index contributed by atoms with van der Waals surface area (Å²) in [4.78, 5) is 10.3. The van der Waals surface area contributed by atoms with Crippen LogP contribution in [0.4, 0.5) is 0 Å². The van der Waals surface area contributed by atoms with Crippen LogP contribution in [0, 0.1) is 0 Å². The number of fused-ring (bicyclic) bond motifs is 9. The molecule has 69 heavy (non-hydrogen) atoms. The minimum Gasteiger partial charge on any atom is -0.455 e. The van der Waals surface area contributed by atoms with Crippen LogP contribution in [0.25, 0.3) is 133 Å². The van der Waals surface area contributed by atoms with Crippen LogP contribution in [0.5, 0.6) is 0 Å². The Balaban J connectivity index is 0.907. The zero-order chi connectivity index (χ0) is 45.4. The molecular formula is C64H40N4O. The van der Waals surface area contributed by atoms with Crippen molar-refractivity contribution in [3.63, 3.8) is 0 Å². The van der Waals surface area contributed by atoms with E-state index in [9.17, 15) is 0 Å². The molecule has 0 bridgehead atoms. The summed E-state index contributed by atoms with van der Waals surface area (Å²) in [5.74, 6) is 0.624. The molecule has 5 heteroatoms. The zero-order valence-corrected chi connectivity index (χ0v) is 37.3. The van der Waals surface area contributed by atoms with E-state index in [1.807, 2.05) is 36.4 Å². The van der Waals surface area contributed by atoms with Crippen molar-refractivity contribution in [2.75, 3.05) is 0 Å². The topological polar surface area (TPSA) is 48.8 Å². The monoisotopic (exact) mass is 880 g/mol. The standard InChI is InChI=1S/C64H40N4O/c1-5-16-41(17-6-1)56-40-57(42-18-7-2-8-19-42)66-64(65-56)51-26-15-25-50-55-39-46(31-35-62(55)69-63(50)51)45-30-34-61-54(38-45)53-37-44(29-33-60(53)68(61)48-22-11-4-12-23-48)43-28-32-59-52(36-43)49-24-13-14-27-58(49)67(59)47-20-9-3-10-21-47/h1-40H. The van der Waals surface area contributed by atoms with Gasteiger partial charge in [0.05, 0.1) is 39.0 Å². The van der Waals surface area contributed by atoms with Crippen molar-refractivity contribution in [1.29, 1.82) is 0 Å². The quantitative estimate of drug-likeness (QED) is 0.160. The lowest BCUT2D eigenvalue weighted by molar-refractivity contribution is 0.669. The van der Waals surface area contributed by atoms with Gasteiger partial charge in [0.2, 0.25) is 0 Å². The SMILES string of the molecule is c1ccc(-c2cc(-c3ccccc3)nc(-c3cccc4c3oc3ccc(-c5ccc6c(c5)c5cc(-c7ccc8c(c7)c7ccccc7n8-c7ccccc7)ccc5n6-c5ccccc5)cc34)n2)cc1. The van der Waals surface area contributed by atoms with Gasteiger partial charge in [0.1, 0.15) is 11.2 Å². The van der Waals surface area contributed by atoms with Crippen LogP contribution in [0.2, 0.25) is 0 Å². The molecule has 4 aromatic heterocycles. The first kappa shape index (κ1) is 38.9. The van der Waals surface area contributed by atoms with Gasteiger partial charge >= 0.3 is 0 Å². The number of rotatable bonds is 7. The Morgan fingerprint density at radius 2 is 0.710 bits per heavy atom. The van der Waals surface area contributed by atoms with Crippen LogP contribution in [0.3, 0.4) is 0 Å². The van der Waals surface area contributed by atoms with Gasteiger partial charge in [-0.05, 0) is 113 Å². The predicted octanol–water partition coefficient (Wildman–Crippen LogP) is 16.9. The van der Waals surface area contributed by atoms with Crippen LogP contribution >= 0.6 is 0 Å². The lowest BCUT2D eigenvalue weighted by atomic mass is 9.98. The highest BCUT2D eigenvalue weighted by Crippen LogP contribution is 2.42. The molecule has 14 aromatic rings. The van der Waals surface area contributed by atoms with Gasteiger partial charge in [-0.2, -0.15) is 0 Å². The van der Waals surface area contributed by atoms with Crippen molar-refractivity contribution in [3.8, 4) is 67.5 Å². The Morgan fingerprint density at radius 3 is 1.25 bits per heavy atom. The summed E-state index contributed by atoms with van der Waals surface area (Å²) in [6.07, 6.45) is 0. The second kappa shape index (κ2) is 15.7. The maximum atomic E-state index is 6.75. The van der Waals surface area contributed by atoms with Gasteiger partial charge in [0.15, 0.2) is 5.82 Å². The lowest BCUT2D eigenvalue weighted by Gasteiger charge is -2.09. The molecule has 4 heterocycles. The highest BCUT2D eigenvalue weighted by Gasteiger charge is 2.20. The molecule has 0 saturated heterocycles. The van der Waals surface area contributed by atoms with Gasteiger partial charge in [-0.25, -0.2) is 9.97 Å². The van der Waals surface area contributed by atoms with Crippen molar-refractivity contribution in [2.24, 2.45) is 0 Å². The van der Waals surface area contributed by atoms with Crippen LogP contribution in [0.1, 0.15) is 0 Å². The molecule has 322 valence electrons. The Bertz CT molecular complexity index is 4230. The molecular weight excluding hydrogens is 841 g/mol. The van der Waals surface area contributed by atoms with Gasteiger partial charge in [-0.3, -0.25) is 0 Å². The Morgan fingerprint density at radius 1 is 0.290 bits per heavy atom. The average molecular weight is 881 g/mol. The number of benzene rings is 10. The Labute approximate surface area is 397 Å². The number of aromatic nitrogens is 4. The summed E-state index contributed by atoms with van der Waals surface area (Å²) in [7, 11) is 0. The summed E-state index contributed by atoms with van der Waals surface area (Å²) >= 11 is 0. The molecule has 0 saturated carbocycles. The number of nitrogens with zero attached hydrogens (tertiary/aromatic N) is 4. The predicted molar refractivity (Wildman–Crippen MR) is 285 cm³/mol. The normalized spacial score (nSPS) is 11.8. The van der Waals surface area contributed by atoms with Crippen LogP contribution in [0.15, 0.2) is 247 Å². The molecule has 0 N–H and O–H groups in total. The highest BCUT2D eigenvalue weighted by molar-refractivity contribution is 6.14. The van der Waals surface area contributed by atoms with Crippen molar-refractivity contribution < 1.29 is 4.42 Å². The van der Waals surface area contributed by atoms with E-state index in [0.717, 1.165) is 83.6 Å². The van der Waals surface area contributed by atoms with E-state index in [-0.39, 0.29) is 0 Å². The number of para-hydroxylation sites is 4. The third kappa shape index (κ3) is 6.40. The van der Waals surface area contributed by atoms with E-state index in [1.54, 1.807) is 0 Å². The average Bonchev–Trinajstić information content (AvgIpc) is 4.08. The fourth-order valence-corrected chi connectivity index (χ4v) is 10.5. The van der Waals surface area contributed by atoms with Crippen molar-refractivity contribution in [3.05, 3.63) is 243 Å². The molecule has 5 nitrogen and oxygen atoms in total. The Hall–Kier alpha value is -9.32. The van der Waals surface area contributed by atoms with Gasteiger partial charge in [0, 0.05) is 54.8 Å². The fraction of sp³-hybridized carbons (Fsp3) is 0. The first-order valence-corrected chi connectivity index (χ1v) is 23.4. The van der Waals surface area contributed by atoms with E-state index in [1.165, 1.54) is 43.7 Å². The molecule has 0 aliphatic heterocycles. The first-order valence-electron chi connectivity index (χ1n) is 23.4. The number of furan rings is 1. The maximum absolute atomic E-state index is 6.75. The maximum Gasteiger partial charge on any atom is 0.164 e. The molecule has 0 atom stereocenters. The van der Waals surface area contributed by atoms with Crippen LogP contribution in [-0.2, 0) is 0 Å². The first-order chi connectivity index (χ1) is 34.2. The van der Waals surface area contributed by atoms with Crippen LogP contribution in [-0.4, -0.2) is 19.1 Å². The molecule has 0 radical (unpaired) electrons. The van der Waals surface area contributed by atoms with Crippen molar-refractivity contribution in [1.82, 2.24) is 19.1 Å². The number of hydrogen-bond acceptors (Lipinski definition) is 3. The number of hydrogen-bond donors (Lipinski definition) is 0. The smallest absolute Gasteiger partial charge is 0.164 e. The van der Waals surface area contributed by atoms with Crippen LogP contribution < -0.4 is 0 Å². The summed E-state index contributed by atoms with van der Waals surface area (Å²) < 4.78 is 11.5. The second-order valence-electron chi connectivity index (χ2n) is 17.7. The summed E-state index contributed by atoms with van der Waals surface area (Å²) in [5.41, 5.74) is 17.8. The van der Waals surface area contributed by atoms with E-state index in [0.29, 0.717) is 5.82 Å². The molecule has 0 amide bonds. The molecule has 0 unspecified atom stereocenters. The molecule has 0 spiro atoms. The van der Waals surface area contributed by atoms with Gasteiger partial charge < -0.3 is 13.6 Å². The minimum atomic E-state index is 0.624. The zero-order valence-electron chi connectivity index (χ0n) is 37.3. The molecule has 0 fully saturated rings. The summed E-state index contributed by atoms with van der Waals surface area (Å²) in [6.45, 7) is 0. The van der Waals surface area contributed by atoms with E-state index in [4.69, 9.17) is 14.4 Å². The molecule has 0 aliphatic carbocycles. The second-order valence-corrected chi connectivity index (χ2v) is 17.7. The third-order valence-corrected chi connectivity index (χ3v) is 13.7. The molecule has 0 aliphatic rings. The van der Waals surface area contributed by atoms with E-state index >= 15 is 0 Å². The largest absolute Gasteiger partial charge is 0.455 e. The minimum absolute atomic E-state index is 0.624. The van der Waals surface area contributed by atoms with E-state index < -0.39 is 0 Å². The van der Waals surface area contributed by atoms with Gasteiger partial charge in [-0.15, -0.1) is 0 Å². The molecule has 10 aromatic carbocycles. The highest BCUT2D eigenvalue weighted by atomic mass is 16.3. The third-order valence-electron chi connectivity index (χ3n) is 13.7. The molecule has 14 rings (SSSR count). The van der Waals surface area contributed by atoms with E-state index in [2.05, 4.69) is 215 Å². The van der Waals surface area contributed by atoms with Gasteiger partial charge in [-0.1, -0.05) is 152 Å². The lowest BCUT2D eigenvalue weighted by Crippen LogP contribution is -1.96. The van der Waals surface area contributed by atoms with Crippen molar-refractivity contribution in [2.45, 2.75) is 0 Å². The Kier molecular flexibility index (Phi) is 8.83. The summed E-state index contributed by atoms with van der Waals surface area (Å²) in [6, 6.07) is 86.3. The van der Waals surface area contributed by atoms with Gasteiger partial charge in [0.25, 0.3) is 0 Å². The summed E-state index contributed by atoms with van der Waals surface area (Å²) in [5, 5.41) is 6.94. The van der Waals surface area contributed by atoms with Crippen molar-refractivity contribution >= 4 is 65.6 Å². The fourth-order valence-electron chi connectivity index (χ4n) is 10.5.